The first-order valence-electron chi connectivity index (χ1n) is 4.75. The molecule has 0 saturated carbocycles. The van der Waals surface area contributed by atoms with Gasteiger partial charge in [0.25, 0.3) is 0 Å². The summed E-state index contributed by atoms with van der Waals surface area (Å²) in [5.74, 6) is 0. The second-order valence-corrected chi connectivity index (χ2v) is 3.04. The van der Waals surface area contributed by atoms with E-state index < -0.39 is 0 Å². The molecule has 1 heterocycles. The number of nitrogens with zero attached hydrogens (tertiary/aromatic N) is 1. The predicted molar refractivity (Wildman–Crippen MR) is 60.5 cm³/mol. The van der Waals surface area contributed by atoms with Gasteiger partial charge in [0.05, 0.1) is 6.20 Å². The van der Waals surface area contributed by atoms with Crippen LogP contribution in [0, 0.1) is 0 Å². The van der Waals surface area contributed by atoms with Crippen molar-refractivity contribution in [1.82, 2.24) is 5.16 Å². The highest BCUT2D eigenvalue weighted by molar-refractivity contribution is 5.81. The van der Waals surface area contributed by atoms with Crippen LogP contribution in [-0.2, 0) is 0 Å². The Hall–Kier alpha value is -2.09. The van der Waals surface area contributed by atoms with Crippen molar-refractivity contribution in [3.05, 3.63) is 67.1 Å². The normalized spacial score (nSPS) is 9.33. The molecular formula is C13H11NO. The number of fused-ring (bicyclic) bond motifs is 1. The molecule has 0 aliphatic heterocycles. The van der Waals surface area contributed by atoms with Crippen molar-refractivity contribution in [2.75, 3.05) is 0 Å². The second-order valence-electron chi connectivity index (χ2n) is 3.04. The van der Waals surface area contributed by atoms with Gasteiger partial charge in [-0.1, -0.05) is 53.7 Å². The molecular weight excluding hydrogens is 186 g/mol. The van der Waals surface area contributed by atoms with Gasteiger partial charge >= 0.3 is 0 Å². The largest absolute Gasteiger partial charge is 0.365 e. The zero-order valence-corrected chi connectivity index (χ0v) is 8.21. The number of aromatic nitrogens is 1. The number of benzene rings is 2. The minimum Gasteiger partial charge on any atom is -0.365 e. The van der Waals surface area contributed by atoms with E-state index in [1.807, 2.05) is 0 Å². The first-order chi connectivity index (χ1) is 7.47. The van der Waals surface area contributed by atoms with Crippen molar-refractivity contribution in [2.45, 2.75) is 0 Å². The lowest BCUT2D eigenvalue weighted by molar-refractivity contribution is 0.420. The maximum Gasteiger partial charge on any atom is 0.123 e. The topological polar surface area (TPSA) is 26.0 Å². The monoisotopic (exact) mass is 197 g/mol. The zero-order chi connectivity index (χ0) is 10.3. The molecule has 0 saturated heterocycles. The molecule has 2 heteroatoms. The highest BCUT2D eigenvalue weighted by Crippen LogP contribution is 2.11. The van der Waals surface area contributed by atoms with Crippen LogP contribution in [0.15, 0.2) is 71.6 Å². The average molecular weight is 197 g/mol. The molecule has 0 aliphatic rings. The molecule has 2 nitrogen and oxygen atoms in total. The average Bonchev–Trinajstić information content (AvgIpc) is 2.88. The fourth-order valence-corrected chi connectivity index (χ4v) is 1.31. The smallest absolute Gasteiger partial charge is 0.123 e. The van der Waals surface area contributed by atoms with Crippen LogP contribution in [0.2, 0.25) is 0 Å². The molecule has 1 aromatic heterocycles. The predicted octanol–water partition coefficient (Wildman–Crippen LogP) is 3.51. The van der Waals surface area contributed by atoms with E-state index in [4.69, 9.17) is 0 Å². The molecule has 0 atom stereocenters. The van der Waals surface area contributed by atoms with Gasteiger partial charge in [0.2, 0.25) is 0 Å². The Balaban J connectivity index is 0.000000144. The quantitative estimate of drug-likeness (QED) is 0.551. The summed E-state index contributed by atoms with van der Waals surface area (Å²) in [6.07, 6.45) is 3.10. The molecule has 3 rings (SSSR count). The summed E-state index contributed by atoms with van der Waals surface area (Å²) in [6, 6.07) is 18.4. The molecule has 0 spiro atoms. The third-order valence-electron chi connectivity index (χ3n) is 2.01. The molecule has 0 unspecified atom stereocenters. The molecule has 2 aromatic carbocycles. The van der Waals surface area contributed by atoms with Crippen molar-refractivity contribution < 1.29 is 4.52 Å². The summed E-state index contributed by atoms with van der Waals surface area (Å²) in [5, 5.41) is 5.97. The summed E-state index contributed by atoms with van der Waals surface area (Å²) in [6.45, 7) is 0. The van der Waals surface area contributed by atoms with Gasteiger partial charge in [-0.15, -0.1) is 0 Å². The Morgan fingerprint density at radius 3 is 1.53 bits per heavy atom. The van der Waals surface area contributed by atoms with Crippen LogP contribution in [0.5, 0.6) is 0 Å². The Labute approximate surface area is 88.1 Å². The van der Waals surface area contributed by atoms with E-state index in [0.29, 0.717) is 0 Å². The van der Waals surface area contributed by atoms with Gasteiger partial charge in [-0.05, 0) is 16.8 Å². The van der Waals surface area contributed by atoms with Crippen LogP contribution < -0.4 is 0 Å². The van der Waals surface area contributed by atoms with Gasteiger partial charge in [0.15, 0.2) is 0 Å². The van der Waals surface area contributed by atoms with E-state index in [9.17, 15) is 0 Å². The van der Waals surface area contributed by atoms with E-state index in [1.54, 1.807) is 12.3 Å². The van der Waals surface area contributed by atoms with Crippen molar-refractivity contribution in [3.63, 3.8) is 0 Å². The van der Waals surface area contributed by atoms with Crippen LogP contribution in [0.1, 0.15) is 0 Å². The lowest BCUT2D eigenvalue weighted by Gasteiger charge is -1.92. The van der Waals surface area contributed by atoms with E-state index in [2.05, 4.69) is 58.2 Å². The van der Waals surface area contributed by atoms with Gasteiger partial charge in [-0.25, -0.2) is 0 Å². The lowest BCUT2D eigenvalue weighted by atomic mass is 10.1. The number of hydrogen-bond donors (Lipinski definition) is 0. The molecule has 0 N–H and O–H groups in total. The SMILES string of the molecule is c1ccc2ccccc2c1.c1cnoc1. The van der Waals surface area contributed by atoms with Crippen LogP contribution in [-0.4, -0.2) is 5.16 Å². The summed E-state index contributed by atoms with van der Waals surface area (Å²) < 4.78 is 4.33. The zero-order valence-electron chi connectivity index (χ0n) is 8.21. The second kappa shape index (κ2) is 4.96. The molecule has 0 aliphatic carbocycles. The van der Waals surface area contributed by atoms with E-state index >= 15 is 0 Å². The van der Waals surface area contributed by atoms with Crippen LogP contribution in [0.3, 0.4) is 0 Å². The van der Waals surface area contributed by atoms with Gasteiger partial charge in [0.1, 0.15) is 6.26 Å². The first kappa shape index (κ1) is 9.46. The Kier molecular flexibility index (Phi) is 3.13. The molecule has 3 aromatic rings. The van der Waals surface area contributed by atoms with Crippen molar-refractivity contribution in [2.24, 2.45) is 0 Å². The Morgan fingerprint density at radius 1 is 0.733 bits per heavy atom. The summed E-state index contributed by atoms with van der Waals surface area (Å²) in [4.78, 5) is 0. The van der Waals surface area contributed by atoms with Gasteiger partial charge < -0.3 is 4.52 Å². The summed E-state index contributed by atoms with van der Waals surface area (Å²) in [7, 11) is 0. The highest BCUT2D eigenvalue weighted by Gasteiger charge is 1.85. The minimum absolute atomic E-state index is 1.31. The van der Waals surface area contributed by atoms with Gasteiger partial charge in [-0.2, -0.15) is 0 Å². The van der Waals surface area contributed by atoms with E-state index in [-0.39, 0.29) is 0 Å². The molecule has 0 amide bonds. The van der Waals surface area contributed by atoms with Crippen LogP contribution >= 0.6 is 0 Å². The van der Waals surface area contributed by atoms with Crippen molar-refractivity contribution >= 4 is 10.8 Å². The molecule has 0 fully saturated rings. The maximum atomic E-state index is 4.33. The molecule has 0 radical (unpaired) electrons. The summed E-state index contributed by atoms with van der Waals surface area (Å²) >= 11 is 0. The fraction of sp³-hybridized carbons (Fsp3) is 0. The maximum absolute atomic E-state index is 4.33. The van der Waals surface area contributed by atoms with Gasteiger partial charge in [0, 0.05) is 0 Å². The minimum atomic E-state index is 1.31. The Bertz CT molecular complexity index is 420. The summed E-state index contributed by atoms with van der Waals surface area (Å²) in [5.41, 5.74) is 0. The molecule has 74 valence electrons. The van der Waals surface area contributed by atoms with E-state index in [1.165, 1.54) is 17.0 Å². The van der Waals surface area contributed by atoms with Crippen LogP contribution in [0.4, 0.5) is 0 Å². The van der Waals surface area contributed by atoms with E-state index in [0.717, 1.165) is 0 Å². The fourth-order valence-electron chi connectivity index (χ4n) is 1.31. The molecule has 15 heavy (non-hydrogen) atoms. The highest BCUT2D eigenvalue weighted by atomic mass is 16.5. The standard InChI is InChI=1S/C10H8.C3H3NO/c1-2-6-10-8-4-3-7-9(10)5-1;1-2-4-5-3-1/h1-8H;1-3H. The van der Waals surface area contributed by atoms with Crippen molar-refractivity contribution in [3.8, 4) is 0 Å². The lowest BCUT2D eigenvalue weighted by Crippen LogP contribution is -1.67. The number of rotatable bonds is 0. The Morgan fingerprint density at radius 2 is 1.27 bits per heavy atom. The van der Waals surface area contributed by atoms with Crippen molar-refractivity contribution in [1.29, 1.82) is 0 Å². The number of hydrogen-bond acceptors (Lipinski definition) is 2. The van der Waals surface area contributed by atoms with Crippen LogP contribution in [0.25, 0.3) is 10.8 Å². The first-order valence-corrected chi connectivity index (χ1v) is 4.75. The van der Waals surface area contributed by atoms with Gasteiger partial charge in [-0.3, -0.25) is 0 Å². The third-order valence-corrected chi connectivity index (χ3v) is 2.01. The molecule has 0 bridgehead atoms. The third kappa shape index (κ3) is 2.68.